The van der Waals surface area contributed by atoms with E-state index in [-0.39, 0.29) is 11.7 Å². The number of anilines is 1. The van der Waals surface area contributed by atoms with Crippen LogP contribution in [0.2, 0.25) is 5.02 Å². The topological polar surface area (TPSA) is 115 Å². The molecule has 0 aliphatic heterocycles. The van der Waals surface area contributed by atoms with E-state index in [2.05, 4.69) is 21.6 Å². The van der Waals surface area contributed by atoms with Crippen LogP contribution in [0.15, 0.2) is 59.8 Å². The van der Waals surface area contributed by atoms with Crippen LogP contribution < -0.4 is 11.2 Å². The maximum Gasteiger partial charge on any atom is 0.236 e. The molecule has 0 saturated carbocycles. The molecular formula is C23H20ClN7OS. The molecule has 166 valence electrons. The van der Waals surface area contributed by atoms with Gasteiger partial charge in [-0.25, -0.2) is 4.68 Å². The van der Waals surface area contributed by atoms with Gasteiger partial charge in [0.05, 0.1) is 11.3 Å². The summed E-state index contributed by atoms with van der Waals surface area (Å²) in [5.74, 6) is 6.77. The van der Waals surface area contributed by atoms with Gasteiger partial charge in [0, 0.05) is 22.0 Å². The van der Waals surface area contributed by atoms with Gasteiger partial charge < -0.3 is 11.2 Å². The van der Waals surface area contributed by atoms with E-state index in [4.69, 9.17) is 17.4 Å². The van der Waals surface area contributed by atoms with Crippen LogP contribution >= 0.6 is 23.4 Å². The minimum Gasteiger partial charge on any atom is -0.335 e. The Balaban J connectivity index is 1.54. The molecule has 0 bridgehead atoms. The fraction of sp³-hybridized carbons (Fsp3) is 0.130. The van der Waals surface area contributed by atoms with Crippen LogP contribution in [-0.4, -0.2) is 31.1 Å². The van der Waals surface area contributed by atoms with Gasteiger partial charge in [0.1, 0.15) is 11.9 Å². The van der Waals surface area contributed by atoms with E-state index in [1.165, 1.54) is 4.68 Å². The van der Waals surface area contributed by atoms with Gasteiger partial charge in [-0.1, -0.05) is 53.7 Å². The lowest BCUT2D eigenvalue weighted by Crippen LogP contribution is -2.19. The molecule has 0 radical (unpaired) electrons. The summed E-state index contributed by atoms with van der Waals surface area (Å²) in [4.78, 5) is 12.8. The molecule has 33 heavy (non-hydrogen) atoms. The van der Waals surface area contributed by atoms with Crippen molar-refractivity contribution in [3.63, 3.8) is 0 Å². The minimum atomic E-state index is -0.293. The zero-order valence-corrected chi connectivity index (χ0v) is 19.5. The van der Waals surface area contributed by atoms with Crippen LogP contribution in [0.1, 0.15) is 16.8 Å². The number of nitriles is 1. The number of hydrogen-bond donors (Lipinski definition) is 2. The lowest BCUT2D eigenvalue weighted by molar-refractivity contribution is -0.113. The Morgan fingerprint density at radius 3 is 2.64 bits per heavy atom. The number of thioether (sulfide) groups is 1. The maximum absolute atomic E-state index is 12.8. The average molecular weight is 478 g/mol. The largest absolute Gasteiger partial charge is 0.335 e. The smallest absolute Gasteiger partial charge is 0.236 e. The molecule has 0 spiro atoms. The van der Waals surface area contributed by atoms with Crippen molar-refractivity contribution in [1.29, 1.82) is 5.26 Å². The highest BCUT2D eigenvalue weighted by Crippen LogP contribution is 2.30. The Kier molecular flexibility index (Phi) is 6.40. The molecule has 2 heterocycles. The summed E-state index contributed by atoms with van der Waals surface area (Å²) in [7, 11) is 0. The van der Waals surface area contributed by atoms with Crippen molar-refractivity contribution in [1.82, 2.24) is 19.4 Å². The van der Waals surface area contributed by atoms with Crippen LogP contribution in [0, 0.1) is 25.2 Å². The Morgan fingerprint density at radius 1 is 1.18 bits per heavy atom. The van der Waals surface area contributed by atoms with Crippen molar-refractivity contribution >= 4 is 35.1 Å². The van der Waals surface area contributed by atoms with E-state index in [0.717, 1.165) is 34.3 Å². The lowest BCUT2D eigenvalue weighted by Gasteiger charge is -2.13. The number of hydrogen-bond acceptors (Lipinski definition) is 6. The Morgan fingerprint density at radius 2 is 1.94 bits per heavy atom. The van der Waals surface area contributed by atoms with Crippen LogP contribution in [-0.2, 0) is 4.79 Å². The number of benzene rings is 2. The number of para-hydroxylation sites is 1. The molecule has 10 heteroatoms. The van der Waals surface area contributed by atoms with Crippen molar-refractivity contribution in [2.75, 3.05) is 16.9 Å². The van der Waals surface area contributed by atoms with E-state index in [0.29, 0.717) is 27.4 Å². The third-order valence-corrected chi connectivity index (χ3v) is 6.36. The van der Waals surface area contributed by atoms with Gasteiger partial charge in [-0.05, 0) is 43.7 Å². The van der Waals surface area contributed by atoms with Gasteiger partial charge in [0.2, 0.25) is 11.1 Å². The third-order valence-electron chi connectivity index (χ3n) is 5.18. The summed E-state index contributed by atoms with van der Waals surface area (Å²) in [6.07, 6.45) is 0. The standard InChI is InChI=1S/C23H20ClN7OS/c1-14-15(2)30(18-9-4-3-5-10-18)22(19(14)12-25)27-20(32)13-33-23-29-28-21(31(23)26)16-7-6-8-17(24)11-16/h3-11H,13,26H2,1-2H3,(H,27,32). The summed E-state index contributed by atoms with van der Waals surface area (Å²) >= 11 is 7.19. The molecule has 3 N–H and O–H groups in total. The predicted octanol–water partition coefficient (Wildman–Crippen LogP) is 4.32. The molecule has 4 rings (SSSR count). The zero-order valence-electron chi connectivity index (χ0n) is 17.9. The first-order valence-corrected chi connectivity index (χ1v) is 11.3. The van der Waals surface area contributed by atoms with E-state index < -0.39 is 0 Å². The zero-order chi connectivity index (χ0) is 23.5. The number of carbonyl (C=O) groups is 1. The summed E-state index contributed by atoms with van der Waals surface area (Å²) in [5.41, 5.74) is 3.71. The first kappa shape index (κ1) is 22.5. The van der Waals surface area contributed by atoms with Crippen molar-refractivity contribution in [3.8, 4) is 23.1 Å². The molecule has 0 fully saturated rings. The second kappa shape index (κ2) is 9.40. The third kappa shape index (κ3) is 4.44. The first-order chi connectivity index (χ1) is 15.9. The minimum absolute atomic E-state index is 0.0355. The monoisotopic (exact) mass is 477 g/mol. The van der Waals surface area contributed by atoms with Gasteiger partial charge in [0.15, 0.2) is 5.82 Å². The summed E-state index contributed by atoms with van der Waals surface area (Å²) < 4.78 is 3.20. The molecule has 0 unspecified atom stereocenters. The Bertz CT molecular complexity index is 1370. The Hall–Kier alpha value is -3.74. The summed E-state index contributed by atoms with van der Waals surface area (Å²) in [6, 6.07) is 18.9. The number of amides is 1. The molecule has 2 aromatic heterocycles. The molecule has 0 atom stereocenters. The Labute approximate surface area is 200 Å². The normalized spacial score (nSPS) is 10.7. The highest BCUT2D eigenvalue weighted by Gasteiger charge is 2.21. The molecule has 8 nitrogen and oxygen atoms in total. The van der Waals surface area contributed by atoms with Crippen LogP contribution in [0.4, 0.5) is 5.82 Å². The number of nitrogens with zero attached hydrogens (tertiary/aromatic N) is 5. The van der Waals surface area contributed by atoms with E-state index >= 15 is 0 Å². The molecular weight excluding hydrogens is 458 g/mol. The maximum atomic E-state index is 12.8. The molecule has 2 aromatic carbocycles. The fourth-order valence-electron chi connectivity index (χ4n) is 3.46. The fourth-order valence-corrected chi connectivity index (χ4v) is 4.31. The lowest BCUT2D eigenvalue weighted by atomic mass is 10.2. The molecule has 4 aromatic rings. The van der Waals surface area contributed by atoms with Gasteiger partial charge in [0.25, 0.3) is 0 Å². The van der Waals surface area contributed by atoms with Gasteiger partial charge in [-0.2, -0.15) is 5.26 Å². The van der Waals surface area contributed by atoms with Gasteiger partial charge in [-0.15, -0.1) is 10.2 Å². The number of halogens is 1. The van der Waals surface area contributed by atoms with Crippen molar-refractivity contribution in [2.45, 2.75) is 19.0 Å². The van der Waals surface area contributed by atoms with Crippen molar-refractivity contribution in [2.24, 2.45) is 0 Å². The molecule has 0 saturated heterocycles. The van der Waals surface area contributed by atoms with Crippen molar-refractivity contribution in [3.05, 3.63) is 76.4 Å². The molecule has 0 aliphatic carbocycles. The second-order valence-corrected chi connectivity index (χ2v) is 8.62. The van der Waals surface area contributed by atoms with Crippen molar-refractivity contribution < 1.29 is 4.79 Å². The highest BCUT2D eigenvalue weighted by molar-refractivity contribution is 7.99. The van der Waals surface area contributed by atoms with Crippen LogP contribution in [0.3, 0.4) is 0 Å². The molecule has 0 aliphatic rings. The number of aromatic nitrogens is 4. The second-order valence-electron chi connectivity index (χ2n) is 7.24. The molecule has 1 amide bonds. The van der Waals surface area contributed by atoms with E-state index in [1.54, 1.807) is 18.2 Å². The van der Waals surface area contributed by atoms with E-state index in [1.807, 2.05) is 54.8 Å². The number of nitrogens with two attached hydrogens (primary N) is 1. The highest BCUT2D eigenvalue weighted by atomic mass is 35.5. The summed E-state index contributed by atoms with van der Waals surface area (Å²) in [5, 5.41) is 21.7. The predicted molar refractivity (Wildman–Crippen MR) is 130 cm³/mol. The van der Waals surface area contributed by atoms with Gasteiger partial charge in [-0.3, -0.25) is 9.36 Å². The summed E-state index contributed by atoms with van der Waals surface area (Å²) in [6.45, 7) is 3.79. The number of rotatable bonds is 6. The first-order valence-electron chi connectivity index (χ1n) is 9.97. The number of nitrogens with one attached hydrogen (secondary N) is 1. The number of nitrogen functional groups attached to an aromatic ring is 1. The SMILES string of the molecule is Cc1c(C#N)c(NC(=O)CSc2nnc(-c3cccc(Cl)c3)n2N)n(-c2ccccc2)c1C. The quantitative estimate of drug-likeness (QED) is 0.315. The average Bonchev–Trinajstić information content (AvgIpc) is 3.29. The number of carbonyl (C=O) groups excluding carboxylic acids is 1. The van der Waals surface area contributed by atoms with E-state index in [9.17, 15) is 10.1 Å². The van der Waals surface area contributed by atoms with Crippen LogP contribution in [0.25, 0.3) is 17.1 Å². The van der Waals surface area contributed by atoms with Crippen LogP contribution in [0.5, 0.6) is 0 Å². The van der Waals surface area contributed by atoms with Gasteiger partial charge >= 0.3 is 0 Å².